The molecule has 3 atom stereocenters. The van der Waals surface area contributed by atoms with Crippen molar-refractivity contribution >= 4 is 27.4 Å². The molecule has 8 heteroatoms. The van der Waals surface area contributed by atoms with Gasteiger partial charge in [-0.2, -0.15) is 5.26 Å². The predicted molar refractivity (Wildman–Crippen MR) is 93.8 cm³/mol. The highest BCUT2D eigenvalue weighted by Crippen LogP contribution is 2.64. The number of hydrogen-bond donors (Lipinski definition) is 1. The van der Waals surface area contributed by atoms with Gasteiger partial charge in [0.25, 0.3) is 0 Å². The minimum Gasteiger partial charge on any atom is -0.497 e. The summed E-state index contributed by atoms with van der Waals surface area (Å²) in [6.45, 7) is 0. The van der Waals surface area contributed by atoms with Gasteiger partial charge in [-0.3, -0.25) is 4.79 Å². The first-order valence-electron chi connectivity index (χ1n) is 7.57. The Bertz CT molecular complexity index is 995. The van der Waals surface area contributed by atoms with E-state index in [0.29, 0.717) is 16.3 Å². The van der Waals surface area contributed by atoms with Crippen LogP contribution in [0.1, 0.15) is 11.5 Å². The van der Waals surface area contributed by atoms with Crippen LogP contribution in [0.4, 0.5) is 0 Å². The summed E-state index contributed by atoms with van der Waals surface area (Å²) in [5.41, 5.74) is -1.58. The van der Waals surface area contributed by atoms with Gasteiger partial charge >= 0.3 is 5.97 Å². The molecule has 1 aliphatic rings. The second kappa shape index (κ2) is 6.31. The van der Waals surface area contributed by atoms with Crippen LogP contribution in [0.25, 0.3) is 0 Å². The molecule has 6 nitrogen and oxygen atoms in total. The number of ether oxygens (including phenoxy) is 1. The van der Waals surface area contributed by atoms with Crippen molar-refractivity contribution in [1.29, 1.82) is 5.26 Å². The first-order chi connectivity index (χ1) is 12.3. The largest absolute Gasteiger partial charge is 0.497 e. The zero-order valence-corrected chi connectivity index (χ0v) is 15.2. The van der Waals surface area contributed by atoms with Crippen LogP contribution in [0.15, 0.2) is 53.4 Å². The van der Waals surface area contributed by atoms with Crippen LogP contribution in [0.2, 0.25) is 5.02 Å². The van der Waals surface area contributed by atoms with Gasteiger partial charge in [0.2, 0.25) is 0 Å². The van der Waals surface area contributed by atoms with Crippen molar-refractivity contribution in [2.24, 2.45) is 5.41 Å². The van der Waals surface area contributed by atoms with Crippen molar-refractivity contribution in [3.05, 3.63) is 59.1 Å². The van der Waals surface area contributed by atoms with Crippen LogP contribution in [0.3, 0.4) is 0 Å². The third-order valence-electron chi connectivity index (χ3n) is 4.62. The minimum absolute atomic E-state index is 0.0659. The smallest absolute Gasteiger partial charge is 0.326 e. The van der Waals surface area contributed by atoms with Crippen LogP contribution >= 0.6 is 11.6 Å². The van der Waals surface area contributed by atoms with E-state index in [-0.39, 0.29) is 4.90 Å². The molecular weight excluding hydrogens is 378 g/mol. The zero-order valence-electron chi connectivity index (χ0n) is 13.6. The average molecular weight is 392 g/mol. The number of methoxy groups -OCH3 is 1. The summed E-state index contributed by atoms with van der Waals surface area (Å²) in [7, 11) is -2.57. The molecule has 3 rings (SSSR count). The fourth-order valence-electron chi connectivity index (χ4n) is 3.24. The third kappa shape index (κ3) is 2.62. The van der Waals surface area contributed by atoms with Gasteiger partial charge in [0, 0.05) is 10.9 Å². The Hall–Kier alpha value is -2.56. The molecule has 0 aliphatic heterocycles. The molecule has 1 saturated carbocycles. The van der Waals surface area contributed by atoms with Crippen molar-refractivity contribution in [2.75, 3.05) is 7.11 Å². The van der Waals surface area contributed by atoms with Crippen LogP contribution < -0.4 is 4.74 Å². The van der Waals surface area contributed by atoms with Gasteiger partial charge in [-0.1, -0.05) is 23.7 Å². The molecule has 0 bridgehead atoms. The van der Waals surface area contributed by atoms with E-state index in [2.05, 4.69) is 0 Å². The van der Waals surface area contributed by atoms with E-state index in [4.69, 9.17) is 16.3 Å². The highest BCUT2D eigenvalue weighted by atomic mass is 35.5. The summed E-state index contributed by atoms with van der Waals surface area (Å²) in [6.07, 6.45) is 0. The second-order valence-corrected chi connectivity index (χ2v) is 8.46. The standard InChI is InChI=1S/C18H14ClNO5S/c1-25-13-6-2-11(3-7-13)15-16(18(15,10-20)17(21)22)26(23,24)14-8-4-12(19)5-9-14/h2-9,15-16H,1H3,(H,21,22)/t15-,16+,18-/m1/s1. The van der Waals surface area contributed by atoms with Gasteiger partial charge < -0.3 is 9.84 Å². The van der Waals surface area contributed by atoms with Gasteiger partial charge in [0.15, 0.2) is 15.3 Å². The van der Waals surface area contributed by atoms with Crippen molar-refractivity contribution in [3.63, 3.8) is 0 Å². The molecule has 0 saturated heterocycles. The van der Waals surface area contributed by atoms with E-state index in [9.17, 15) is 23.6 Å². The van der Waals surface area contributed by atoms with Crippen LogP contribution in [-0.4, -0.2) is 31.9 Å². The molecule has 1 N–H and O–H groups in total. The van der Waals surface area contributed by atoms with Crippen LogP contribution in [0, 0.1) is 16.7 Å². The summed E-state index contributed by atoms with van der Waals surface area (Å²) in [5, 5.41) is 18.1. The Kier molecular flexibility index (Phi) is 4.42. The monoisotopic (exact) mass is 391 g/mol. The number of nitrogens with zero attached hydrogens (tertiary/aromatic N) is 1. The van der Waals surface area contributed by atoms with Crippen LogP contribution in [0.5, 0.6) is 5.75 Å². The lowest BCUT2D eigenvalue weighted by Crippen LogP contribution is -2.22. The van der Waals surface area contributed by atoms with Gasteiger partial charge in [-0.15, -0.1) is 0 Å². The SMILES string of the molecule is COc1ccc([C@@H]2[C@H](S(=O)(=O)c3ccc(Cl)cc3)[C@]2(C#N)C(=O)O)cc1. The van der Waals surface area contributed by atoms with E-state index in [1.54, 1.807) is 30.3 Å². The number of hydrogen-bond acceptors (Lipinski definition) is 5. The van der Waals surface area contributed by atoms with Gasteiger partial charge in [0.1, 0.15) is 11.0 Å². The first kappa shape index (κ1) is 18.2. The fraction of sp³-hybridized carbons (Fsp3) is 0.222. The van der Waals surface area contributed by atoms with Crippen LogP contribution in [-0.2, 0) is 14.6 Å². The number of carboxylic acids is 1. The highest BCUT2D eigenvalue weighted by Gasteiger charge is 2.77. The molecule has 0 heterocycles. The van der Waals surface area contributed by atoms with E-state index in [1.807, 2.05) is 0 Å². The molecule has 0 amide bonds. The van der Waals surface area contributed by atoms with E-state index < -0.39 is 32.4 Å². The second-order valence-electron chi connectivity index (χ2n) is 5.96. The van der Waals surface area contributed by atoms with Crippen molar-refractivity contribution in [3.8, 4) is 11.8 Å². The lowest BCUT2D eigenvalue weighted by Gasteiger charge is -2.05. The van der Waals surface area contributed by atoms with Gasteiger partial charge in [0.05, 0.1) is 18.1 Å². The van der Waals surface area contributed by atoms with E-state index >= 15 is 0 Å². The molecule has 0 spiro atoms. The normalized spacial score (nSPS) is 24.5. The number of nitriles is 1. The molecule has 26 heavy (non-hydrogen) atoms. The lowest BCUT2D eigenvalue weighted by molar-refractivity contribution is -0.141. The molecule has 1 aliphatic carbocycles. The lowest BCUT2D eigenvalue weighted by atomic mass is 10.0. The maximum atomic E-state index is 13.0. The Labute approximate surface area is 155 Å². The number of carbonyl (C=O) groups is 1. The Balaban J connectivity index is 2.10. The van der Waals surface area contributed by atoms with E-state index in [1.165, 1.54) is 31.4 Å². The highest BCUT2D eigenvalue weighted by molar-refractivity contribution is 7.92. The fourth-order valence-corrected chi connectivity index (χ4v) is 5.61. The molecule has 0 radical (unpaired) electrons. The van der Waals surface area contributed by atoms with Crippen molar-refractivity contribution in [2.45, 2.75) is 16.1 Å². The summed E-state index contributed by atoms with van der Waals surface area (Å²) in [4.78, 5) is 11.8. The maximum Gasteiger partial charge on any atom is 0.326 e. The number of aliphatic carboxylic acids is 1. The van der Waals surface area contributed by atoms with E-state index in [0.717, 1.165) is 0 Å². The maximum absolute atomic E-state index is 13.0. The molecule has 1 fully saturated rings. The van der Waals surface area contributed by atoms with Crippen molar-refractivity contribution in [1.82, 2.24) is 0 Å². The molecule has 2 aromatic carbocycles. The molecular formula is C18H14ClNO5S. The summed E-state index contributed by atoms with van der Waals surface area (Å²) in [6, 6.07) is 13.5. The molecule has 0 unspecified atom stereocenters. The first-order valence-corrected chi connectivity index (χ1v) is 9.49. The number of carboxylic acid groups (broad SMARTS) is 1. The zero-order chi connectivity index (χ0) is 19.1. The Morgan fingerprint density at radius 3 is 2.23 bits per heavy atom. The van der Waals surface area contributed by atoms with Gasteiger partial charge in [-0.05, 0) is 42.0 Å². The molecule has 134 valence electrons. The number of benzene rings is 2. The minimum atomic E-state index is -4.05. The topological polar surface area (TPSA) is 104 Å². The van der Waals surface area contributed by atoms with Gasteiger partial charge in [-0.25, -0.2) is 8.42 Å². The number of sulfone groups is 1. The summed E-state index contributed by atoms with van der Waals surface area (Å²) in [5.74, 6) is -1.88. The number of rotatable bonds is 5. The quantitative estimate of drug-likeness (QED) is 0.840. The summed E-state index contributed by atoms with van der Waals surface area (Å²) >= 11 is 5.79. The summed E-state index contributed by atoms with van der Waals surface area (Å²) < 4.78 is 31.1. The third-order valence-corrected chi connectivity index (χ3v) is 7.12. The number of halogens is 1. The molecule has 0 aromatic heterocycles. The molecule has 2 aromatic rings. The predicted octanol–water partition coefficient (Wildman–Crippen LogP) is 2.88. The average Bonchev–Trinajstić information content (AvgIpc) is 3.34. The Morgan fingerprint density at radius 2 is 1.77 bits per heavy atom. The Morgan fingerprint density at radius 1 is 1.19 bits per heavy atom. The van der Waals surface area contributed by atoms with Crippen molar-refractivity contribution < 1.29 is 23.1 Å².